The number of nitrogens with zero attached hydrogens (tertiary/aromatic N) is 4. The number of sulfonamides is 1. The number of ether oxygens (including phenoxy) is 1. The largest absolute Gasteiger partial charge is 0.455 e. The van der Waals surface area contributed by atoms with Crippen LogP contribution in [0.5, 0.6) is 0 Å². The van der Waals surface area contributed by atoms with Gasteiger partial charge >= 0.3 is 5.97 Å². The number of rotatable bonds is 8. The van der Waals surface area contributed by atoms with Gasteiger partial charge in [-0.05, 0) is 42.7 Å². The number of anilines is 1. The second kappa shape index (κ2) is 10.8. The molecular formula is C23H30N4O5S. The molecule has 3 rings (SSSR count). The predicted octanol–water partition coefficient (Wildman–Crippen LogP) is 1.75. The first-order valence-electron chi connectivity index (χ1n) is 10.8. The molecule has 0 aliphatic carbocycles. The second-order valence-corrected chi connectivity index (χ2v) is 10.2. The summed E-state index contributed by atoms with van der Waals surface area (Å²) in [7, 11) is 1.96. The van der Waals surface area contributed by atoms with Crippen molar-refractivity contribution >= 4 is 27.6 Å². The van der Waals surface area contributed by atoms with Crippen molar-refractivity contribution in [1.29, 1.82) is 0 Å². The Kier molecular flexibility index (Phi) is 8.04. The van der Waals surface area contributed by atoms with Gasteiger partial charge < -0.3 is 14.5 Å². The number of amides is 1. The van der Waals surface area contributed by atoms with Gasteiger partial charge in [0.1, 0.15) is 4.90 Å². The molecule has 0 N–H and O–H groups in total. The maximum Gasteiger partial charge on any atom is 0.309 e. The van der Waals surface area contributed by atoms with Gasteiger partial charge in [0.25, 0.3) is 5.91 Å². The van der Waals surface area contributed by atoms with Gasteiger partial charge in [-0.1, -0.05) is 12.1 Å². The van der Waals surface area contributed by atoms with E-state index in [1.54, 1.807) is 13.1 Å². The molecule has 0 atom stereocenters. The lowest BCUT2D eigenvalue weighted by molar-refractivity contribution is -0.156. The molecule has 1 amide bonds. The van der Waals surface area contributed by atoms with E-state index in [0.29, 0.717) is 19.4 Å². The molecule has 10 heteroatoms. The fourth-order valence-corrected chi connectivity index (χ4v) is 5.04. The van der Waals surface area contributed by atoms with Crippen LogP contribution in [-0.4, -0.2) is 75.3 Å². The number of pyridine rings is 1. The van der Waals surface area contributed by atoms with E-state index in [1.807, 2.05) is 43.3 Å². The topological polar surface area (TPSA) is 100 Å². The minimum atomic E-state index is -3.63. The third-order valence-electron chi connectivity index (χ3n) is 5.70. The molecule has 1 aliphatic heterocycles. The van der Waals surface area contributed by atoms with E-state index in [4.69, 9.17) is 4.74 Å². The number of esters is 1. The number of likely N-dealkylation sites (N-methyl/N-ethyl adjacent to an activating group) is 1. The van der Waals surface area contributed by atoms with Gasteiger partial charge in [-0.3, -0.25) is 14.6 Å². The Hall–Kier alpha value is -2.98. The SMILES string of the molecule is CN(Cc1ccc(N(C)C)cc1)C(=O)COC(=O)C1CCN(S(=O)(=O)c2cccnc2)CC1. The van der Waals surface area contributed by atoms with Crippen molar-refractivity contribution in [1.82, 2.24) is 14.2 Å². The number of hydrogen-bond acceptors (Lipinski definition) is 7. The standard InChI is InChI=1S/C23H30N4O5S/c1-25(2)20-8-6-18(7-9-20)16-26(3)22(28)17-32-23(29)19-10-13-27(14-11-19)33(30,31)21-5-4-12-24-15-21/h4-9,12,15,19H,10-11,13-14,16-17H2,1-3H3. The molecule has 0 unspecified atom stereocenters. The summed E-state index contributed by atoms with van der Waals surface area (Å²) in [5.74, 6) is -1.19. The molecule has 2 aromatic rings. The second-order valence-electron chi connectivity index (χ2n) is 8.29. The van der Waals surface area contributed by atoms with Gasteiger partial charge in [0.2, 0.25) is 10.0 Å². The van der Waals surface area contributed by atoms with Crippen LogP contribution in [0.4, 0.5) is 5.69 Å². The molecule has 2 heterocycles. The predicted molar refractivity (Wildman–Crippen MR) is 124 cm³/mol. The first-order valence-corrected chi connectivity index (χ1v) is 12.2. The molecule has 9 nitrogen and oxygen atoms in total. The van der Waals surface area contributed by atoms with Crippen LogP contribution in [-0.2, 0) is 30.9 Å². The summed E-state index contributed by atoms with van der Waals surface area (Å²) in [6.45, 7) is 0.509. The Morgan fingerprint density at radius 3 is 2.33 bits per heavy atom. The Morgan fingerprint density at radius 1 is 1.09 bits per heavy atom. The number of benzene rings is 1. The van der Waals surface area contributed by atoms with Crippen LogP contribution in [0.2, 0.25) is 0 Å². The Balaban J connectivity index is 1.45. The Bertz CT molecular complexity index is 1050. The summed E-state index contributed by atoms with van der Waals surface area (Å²) in [6, 6.07) is 10.9. The van der Waals surface area contributed by atoms with Crippen LogP contribution in [0.25, 0.3) is 0 Å². The highest BCUT2D eigenvalue weighted by molar-refractivity contribution is 7.89. The molecule has 1 aromatic heterocycles. The normalized spacial score (nSPS) is 15.1. The summed E-state index contributed by atoms with van der Waals surface area (Å²) in [6.07, 6.45) is 3.52. The van der Waals surface area contributed by atoms with Crippen molar-refractivity contribution in [2.24, 2.45) is 5.92 Å². The van der Waals surface area contributed by atoms with Crippen molar-refractivity contribution in [3.63, 3.8) is 0 Å². The monoisotopic (exact) mass is 474 g/mol. The first kappa shape index (κ1) is 24.7. The van der Waals surface area contributed by atoms with E-state index < -0.39 is 21.9 Å². The van der Waals surface area contributed by atoms with E-state index in [-0.39, 0.29) is 30.5 Å². The lowest BCUT2D eigenvalue weighted by Crippen LogP contribution is -2.41. The van der Waals surface area contributed by atoms with Crippen LogP contribution in [0.3, 0.4) is 0 Å². The molecule has 1 aliphatic rings. The third-order valence-corrected chi connectivity index (χ3v) is 7.58. The van der Waals surface area contributed by atoms with Crippen LogP contribution >= 0.6 is 0 Å². The van der Waals surface area contributed by atoms with E-state index >= 15 is 0 Å². The molecule has 1 saturated heterocycles. The van der Waals surface area contributed by atoms with E-state index in [0.717, 1.165) is 11.3 Å². The highest BCUT2D eigenvalue weighted by Crippen LogP contribution is 2.24. The molecule has 0 bridgehead atoms. The van der Waals surface area contributed by atoms with Gasteiger partial charge in [-0.15, -0.1) is 0 Å². The molecular weight excluding hydrogens is 444 g/mol. The van der Waals surface area contributed by atoms with Crippen molar-refractivity contribution in [2.75, 3.05) is 45.7 Å². The minimum absolute atomic E-state index is 0.135. The summed E-state index contributed by atoms with van der Waals surface area (Å²) in [5, 5.41) is 0. The average Bonchev–Trinajstić information content (AvgIpc) is 2.83. The lowest BCUT2D eigenvalue weighted by Gasteiger charge is -2.30. The van der Waals surface area contributed by atoms with Gasteiger partial charge in [0, 0.05) is 58.9 Å². The third kappa shape index (κ3) is 6.29. The molecule has 0 saturated carbocycles. The quantitative estimate of drug-likeness (QED) is 0.538. The van der Waals surface area contributed by atoms with E-state index in [2.05, 4.69) is 4.98 Å². The van der Waals surface area contributed by atoms with Gasteiger partial charge in [0.05, 0.1) is 5.92 Å². The first-order chi connectivity index (χ1) is 15.7. The summed E-state index contributed by atoms with van der Waals surface area (Å²) >= 11 is 0. The van der Waals surface area contributed by atoms with Crippen LogP contribution in [0.15, 0.2) is 53.7 Å². The number of hydrogen-bond donors (Lipinski definition) is 0. The fourth-order valence-electron chi connectivity index (χ4n) is 3.60. The zero-order valence-electron chi connectivity index (χ0n) is 19.2. The van der Waals surface area contributed by atoms with Crippen molar-refractivity contribution in [2.45, 2.75) is 24.3 Å². The number of piperidine rings is 1. The van der Waals surface area contributed by atoms with Crippen LogP contribution in [0.1, 0.15) is 18.4 Å². The summed E-state index contributed by atoms with van der Waals surface area (Å²) in [4.78, 5) is 32.3. The smallest absolute Gasteiger partial charge is 0.309 e. The van der Waals surface area contributed by atoms with Crippen molar-refractivity contribution < 1.29 is 22.7 Å². The maximum absolute atomic E-state index is 12.7. The molecule has 0 radical (unpaired) electrons. The van der Waals surface area contributed by atoms with Crippen LogP contribution in [0, 0.1) is 5.92 Å². The Labute approximate surface area is 195 Å². The zero-order valence-corrected chi connectivity index (χ0v) is 20.0. The van der Waals surface area contributed by atoms with Crippen molar-refractivity contribution in [3.05, 3.63) is 54.4 Å². The molecule has 0 spiro atoms. The number of aromatic nitrogens is 1. The van der Waals surface area contributed by atoms with Gasteiger partial charge in [-0.25, -0.2) is 8.42 Å². The lowest BCUT2D eigenvalue weighted by atomic mass is 9.98. The minimum Gasteiger partial charge on any atom is -0.455 e. The maximum atomic E-state index is 12.7. The van der Waals surface area contributed by atoms with E-state index in [9.17, 15) is 18.0 Å². The fraction of sp³-hybridized carbons (Fsp3) is 0.435. The summed E-state index contributed by atoms with van der Waals surface area (Å²) in [5.41, 5.74) is 2.05. The summed E-state index contributed by atoms with van der Waals surface area (Å²) < 4.78 is 31.9. The van der Waals surface area contributed by atoms with Gasteiger partial charge in [0.15, 0.2) is 6.61 Å². The number of carbonyl (C=O) groups excluding carboxylic acids is 2. The van der Waals surface area contributed by atoms with Crippen LogP contribution < -0.4 is 4.90 Å². The molecule has 1 fully saturated rings. The highest BCUT2D eigenvalue weighted by atomic mass is 32.2. The molecule has 1 aromatic carbocycles. The molecule has 33 heavy (non-hydrogen) atoms. The average molecular weight is 475 g/mol. The van der Waals surface area contributed by atoms with Gasteiger partial charge in [-0.2, -0.15) is 4.31 Å². The van der Waals surface area contributed by atoms with Crippen molar-refractivity contribution in [3.8, 4) is 0 Å². The number of carbonyl (C=O) groups is 2. The molecule has 178 valence electrons. The highest BCUT2D eigenvalue weighted by Gasteiger charge is 2.33. The zero-order chi connectivity index (χ0) is 24.0. The van der Waals surface area contributed by atoms with E-state index in [1.165, 1.54) is 27.7 Å². The Morgan fingerprint density at radius 2 is 1.76 bits per heavy atom.